The van der Waals surface area contributed by atoms with E-state index in [0.29, 0.717) is 6.42 Å². The van der Waals surface area contributed by atoms with Gasteiger partial charge < -0.3 is 10.2 Å². The van der Waals surface area contributed by atoms with Crippen LogP contribution in [-0.2, 0) is 14.6 Å². The molecule has 2 aliphatic carbocycles. The first kappa shape index (κ1) is 23.8. The van der Waals surface area contributed by atoms with E-state index in [1.807, 2.05) is 0 Å². The summed E-state index contributed by atoms with van der Waals surface area (Å²) in [5, 5.41) is 2.29. The van der Waals surface area contributed by atoms with Crippen molar-refractivity contribution in [3.05, 3.63) is 64.2 Å². The lowest BCUT2D eigenvalue weighted by Gasteiger charge is -2.31. The molecule has 0 bridgehead atoms. The van der Waals surface area contributed by atoms with Gasteiger partial charge in [0.25, 0.3) is 5.91 Å². The molecule has 35 heavy (non-hydrogen) atoms. The monoisotopic (exact) mass is 518 g/mol. The van der Waals surface area contributed by atoms with Gasteiger partial charge in [0.1, 0.15) is 28.7 Å². The second-order valence-electron chi connectivity index (χ2n) is 9.23. The van der Waals surface area contributed by atoms with Gasteiger partial charge in [-0.2, -0.15) is 0 Å². The number of nitrogens with one attached hydrogen (secondary N) is 1. The molecule has 2 aromatic rings. The number of halogens is 3. The van der Waals surface area contributed by atoms with Gasteiger partial charge in [-0.1, -0.05) is 29.5 Å². The summed E-state index contributed by atoms with van der Waals surface area (Å²) < 4.78 is 52.1. The molecule has 182 valence electrons. The maximum atomic E-state index is 14.1. The third kappa shape index (κ3) is 4.41. The Balaban J connectivity index is 1.42. The number of nitrogens with zero attached hydrogens (tertiary/aromatic N) is 1. The second kappa shape index (κ2) is 8.61. The van der Waals surface area contributed by atoms with Crippen molar-refractivity contribution < 1.29 is 26.8 Å². The van der Waals surface area contributed by atoms with Crippen LogP contribution in [0.4, 0.5) is 8.78 Å². The van der Waals surface area contributed by atoms with E-state index in [0.717, 1.165) is 31.2 Å². The van der Waals surface area contributed by atoms with Crippen LogP contribution in [0.2, 0.25) is 5.02 Å². The number of hydrogen-bond acceptors (Lipinski definition) is 4. The van der Waals surface area contributed by atoms with E-state index >= 15 is 0 Å². The normalized spacial score (nSPS) is 23.5. The summed E-state index contributed by atoms with van der Waals surface area (Å²) in [7, 11) is -3.53. The molecular weight excluding hydrogens is 498 g/mol. The highest BCUT2D eigenvalue weighted by atomic mass is 35.5. The minimum atomic E-state index is -3.53. The maximum absolute atomic E-state index is 14.1. The molecule has 0 aromatic heterocycles. The Kier molecular flexibility index (Phi) is 5.85. The van der Waals surface area contributed by atoms with E-state index in [1.165, 1.54) is 29.2 Å². The molecule has 5 rings (SSSR count). The van der Waals surface area contributed by atoms with Crippen LogP contribution in [0.3, 0.4) is 0 Å². The van der Waals surface area contributed by atoms with Crippen LogP contribution >= 0.6 is 11.6 Å². The minimum absolute atomic E-state index is 0.000353. The van der Waals surface area contributed by atoms with Gasteiger partial charge in [0, 0.05) is 11.8 Å². The van der Waals surface area contributed by atoms with Crippen molar-refractivity contribution in [2.45, 2.75) is 42.3 Å². The average molecular weight is 519 g/mol. The lowest BCUT2D eigenvalue weighted by atomic mass is 9.92. The molecule has 4 atom stereocenters. The van der Waals surface area contributed by atoms with Gasteiger partial charge in [0.15, 0.2) is 9.84 Å². The van der Waals surface area contributed by atoms with Crippen LogP contribution in [0.25, 0.3) is 0 Å². The zero-order chi connectivity index (χ0) is 25.1. The van der Waals surface area contributed by atoms with Gasteiger partial charge in [-0.15, -0.1) is 0 Å². The molecule has 1 heterocycles. The van der Waals surface area contributed by atoms with Crippen molar-refractivity contribution in [3.8, 4) is 11.8 Å². The molecule has 6 nitrogen and oxygen atoms in total. The maximum Gasteiger partial charge on any atom is 0.255 e. The first-order valence-electron chi connectivity index (χ1n) is 11.1. The summed E-state index contributed by atoms with van der Waals surface area (Å²) >= 11 is 5.62. The van der Waals surface area contributed by atoms with E-state index in [-0.39, 0.29) is 27.9 Å². The number of hydrogen-bond donors (Lipinski definition) is 1. The largest absolute Gasteiger partial charge is 0.347 e. The first-order valence-corrected chi connectivity index (χ1v) is 13.4. The van der Waals surface area contributed by atoms with Crippen molar-refractivity contribution in [3.63, 3.8) is 0 Å². The van der Waals surface area contributed by atoms with Crippen molar-refractivity contribution in [1.29, 1.82) is 0 Å². The summed E-state index contributed by atoms with van der Waals surface area (Å²) in [4.78, 5) is 28.2. The van der Waals surface area contributed by atoms with Crippen LogP contribution in [0, 0.1) is 35.3 Å². The fourth-order valence-electron chi connectivity index (χ4n) is 4.69. The molecule has 10 heteroatoms. The zero-order valence-corrected chi connectivity index (χ0v) is 20.2. The Morgan fingerprint density at radius 2 is 1.83 bits per heavy atom. The Labute approximate surface area is 206 Å². The fraction of sp³-hybridized carbons (Fsp3) is 0.360. The summed E-state index contributed by atoms with van der Waals surface area (Å²) in [6.07, 6.45) is 2.95. The molecule has 2 fully saturated rings. The fourth-order valence-corrected chi connectivity index (χ4v) is 5.47. The average Bonchev–Trinajstić information content (AvgIpc) is 3.59. The van der Waals surface area contributed by atoms with Crippen LogP contribution in [0.1, 0.15) is 41.2 Å². The molecule has 1 N–H and O–H groups in total. The van der Waals surface area contributed by atoms with Crippen molar-refractivity contribution >= 4 is 33.3 Å². The summed E-state index contributed by atoms with van der Waals surface area (Å²) in [6.45, 7) is 0. The first-order chi connectivity index (χ1) is 16.5. The standard InChI is InChI=1S/C25H21ClF2N2O4S/c1-35(33,34)17-4-2-3-15(9-17)25(32)30-20-8-7-14(20)12-21(30)24(31)29-23(13-5-6-13)16-10-18(27)22(26)19(28)11-16/h2-4,9-11,13-14,20-21,23H,5-6,12H2,1H3,(H,29,31)/t14-,20-,21-,23-/m1/s1. The highest BCUT2D eigenvalue weighted by Crippen LogP contribution is 2.43. The van der Waals surface area contributed by atoms with Gasteiger partial charge in [-0.25, -0.2) is 17.2 Å². The van der Waals surface area contributed by atoms with E-state index in [1.54, 1.807) is 0 Å². The van der Waals surface area contributed by atoms with E-state index in [4.69, 9.17) is 11.6 Å². The molecule has 3 aliphatic rings. The van der Waals surface area contributed by atoms with Crippen LogP contribution in [0.15, 0.2) is 41.3 Å². The van der Waals surface area contributed by atoms with Crippen LogP contribution in [-0.4, -0.2) is 43.5 Å². The third-order valence-electron chi connectivity index (χ3n) is 6.71. The van der Waals surface area contributed by atoms with Gasteiger partial charge in [-0.3, -0.25) is 9.59 Å². The number of carbonyl (C=O) groups is 2. The highest BCUT2D eigenvalue weighted by molar-refractivity contribution is 7.90. The van der Waals surface area contributed by atoms with Gasteiger partial charge in [0.05, 0.1) is 16.9 Å². The topological polar surface area (TPSA) is 83.6 Å². The predicted molar refractivity (Wildman–Crippen MR) is 124 cm³/mol. The molecule has 0 unspecified atom stereocenters. The van der Waals surface area contributed by atoms with Gasteiger partial charge >= 0.3 is 0 Å². The summed E-state index contributed by atoms with van der Waals surface area (Å²) in [5.74, 6) is 2.98. The van der Waals surface area contributed by atoms with E-state index in [2.05, 4.69) is 17.2 Å². The molecular formula is C25H21ClF2N2O4S. The molecule has 0 spiro atoms. The lowest BCUT2D eigenvalue weighted by Crippen LogP contribution is -2.50. The smallest absolute Gasteiger partial charge is 0.255 e. The van der Waals surface area contributed by atoms with Crippen molar-refractivity contribution in [2.75, 3.05) is 6.26 Å². The number of likely N-dealkylation sites (tertiary alicyclic amines) is 1. The molecule has 2 amide bonds. The predicted octanol–water partition coefficient (Wildman–Crippen LogP) is 3.51. The minimum Gasteiger partial charge on any atom is -0.347 e. The zero-order valence-electron chi connectivity index (χ0n) is 18.6. The highest BCUT2D eigenvalue weighted by Gasteiger charge is 2.49. The van der Waals surface area contributed by atoms with E-state index in [9.17, 15) is 26.8 Å². The van der Waals surface area contributed by atoms with Gasteiger partial charge in [-0.05, 0) is 61.1 Å². The van der Waals surface area contributed by atoms with Crippen molar-refractivity contribution in [1.82, 2.24) is 10.2 Å². The molecule has 2 aromatic carbocycles. The molecule has 1 aliphatic heterocycles. The number of sulfone groups is 1. The molecule has 1 saturated carbocycles. The van der Waals surface area contributed by atoms with Crippen LogP contribution in [0.5, 0.6) is 0 Å². The molecule has 0 radical (unpaired) electrons. The summed E-state index contributed by atoms with van der Waals surface area (Å²) in [6, 6.07) is 5.95. The number of fused-ring (bicyclic) bond motifs is 1. The van der Waals surface area contributed by atoms with Gasteiger partial charge in [0.2, 0.25) is 5.91 Å². The second-order valence-corrected chi connectivity index (χ2v) is 11.6. The Morgan fingerprint density at radius 3 is 2.40 bits per heavy atom. The quantitative estimate of drug-likeness (QED) is 0.468. The number of amides is 2. The Hall–Kier alpha value is -2.96. The van der Waals surface area contributed by atoms with E-state index < -0.39 is 56.4 Å². The number of rotatable bonds is 6. The van der Waals surface area contributed by atoms with Crippen molar-refractivity contribution in [2.24, 2.45) is 11.8 Å². The summed E-state index contributed by atoms with van der Waals surface area (Å²) in [5.41, 5.74) is 0.414. The third-order valence-corrected chi connectivity index (χ3v) is 8.18. The lowest BCUT2D eigenvalue weighted by molar-refractivity contribution is -0.126. The molecule has 1 saturated heterocycles. The van der Waals surface area contributed by atoms with Crippen LogP contribution < -0.4 is 5.32 Å². The Morgan fingerprint density at radius 1 is 1.14 bits per heavy atom. The SMILES string of the molecule is CS(=O)(=O)c1cccc(C(=O)N2[C@@H](C(=O)N[C@@H](c3cc(F)c(Cl)c(F)c3)C3CC3)C[C@H]3C#C[C@H]32)c1. The number of carbonyl (C=O) groups excluding carboxylic acids is 2. The number of benzene rings is 2. The Bertz CT molecular complexity index is 1390.